The van der Waals surface area contributed by atoms with Crippen molar-refractivity contribution < 1.29 is 18.4 Å². The summed E-state index contributed by atoms with van der Waals surface area (Å²) in [5.41, 5.74) is 1.04. The summed E-state index contributed by atoms with van der Waals surface area (Å²) in [6.45, 7) is 4.47. The Bertz CT molecular complexity index is 987. The molecule has 8 nitrogen and oxygen atoms in total. The third kappa shape index (κ3) is 4.97. The molecule has 1 aliphatic rings. The summed E-state index contributed by atoms with van der Waals surface area (Å²) in [6, 6.07) is 13.2. The quantitative estimate of drug-likeness (QED) is 0.512. The number of nitrogens with one attached hydrogen (secondary N) is 1. The molecule has 2 aromatic carbocycles. The molecule has 9 heteroatoms. The molecule has 2 aromatic rings. The number of aliphatic hydroxyl groups excluding tert-OH is 1. The van der Waals surface area contributed by atoms with E-state index in [9.17, 15) is 23.6 Å². The number of rotatable bonds is 7. The van der Waals surface area contributed by atoms with Gasteiger partial charge in [-0.05, 0) is 50.3 Å². The Hall–Kier alpha value is -2.49. The molecule has 30 heavy (non-hydrogen) atoms. The van der Waals surface area contributed by atoms with Crippen LogP contribution in [0.4, 0.5) is 11.4 Å². The van der Waals surface area contributed by atoms with Crippen molar-refractivity contribution in [2.24, 2.45) is 5.92 Å². The zero-order valence-corrected chi connectivity index (χ0v) is 17.9. The summed E-state index contributed by atoms with van der Waals surface area (Å²) < 4.78 is 27.2. The van der Waals surface area contributed by atoms with Crippen molar-refractivity contribution in [2.75, 3.05) is 18.0 Å². The van der Waals surface area contributed by atoms with E-state index >= 15 is 0 Å². The van der Waals surface area contributed by atoms with Crippen LogP contribution in [0.3, 0.4) is 0 Å². The standard InChI is InChI=1S/C21H27N3O5S/c1-15(2)22-30(28,29)18-8-9-19(20(14-18)24(26)27)23-12-10-17(11-13-23)21(25)16-6-4-3-5-7-16/h3-9,14-15,17,21-22,25H,10-13H2,1-2H3. The molecule has 1 aliphatic heterocycles. The average molecular weight is 434 g/mol. The van der Waals surface area contributed by atoms with Crippen molar-refractivity contribution >= 4 is 21.4 Å². The SMILES string of the molecule is CC(C)NS(=O)(=O)c1ccc(N2CCC(C(O)c3ccccc3)CC2)c([N+](=O)[O-])c1. The first-order chi connectivity index (χ1) is 14.2. The van der Waals surface area contributed by atoms with Gasteiger partial charge >= 0.3 is 0 Å². The number of piperidine rings is 1. The maximum Gasteiger partial charge on any atom is 0.293 e. The number of nitro benzene ring substituents is 1. The molecule has 3 rings (SSSR count). The van der Waals surface area contributed by atoms with Crippen LogP contribution in [0.2, 0.25) is 0 Å². The van der Waals surface area contributed by atoms with Crippen molar-refractivity contribution in [3.8, 4) is 0 Å². The van der Waals surface area contributed by atoms with Crippen molar-refractivity contribution in [1.82, 2.24) is 4.72 Å². The van der Waals surface area contributed by atoms with Crippen molar-refractivity contribution in [1.29, 1.82) is 0 Å². The Labute approximate surface area is 176 Å². The largest absolute Gasteiger partial charge is 0.388 e. The zero-order chi connectivity index (χ0) is 21.9. The minimum absolute atomic E-state index is 0.0672. The van der Waals surface area contributed by atoms with Crippen LogP contribution < -0.4 is 9.62 Å². The fourth-order valence-electron chi connectivity index (χ4n) is 3.84. The number of benzene rings is 2. The molecule has 1 atom stereocenters. The Morgan fingerprint density at radius 2 is 1.77 bits per heavy atom. The molecular weight excluding hydrogens is 406 g/mol. The number of sulfonamides is 1. The summed E-state index contributed by atoms with van der Waals surface area (Å²) in [5.74, 6) is 0.0672. The number of nitrogens with zero attached hydrogens (tertiary/aromatic N) is 2. The van der Waals surface area contributed by atoms with Crippen molar-refractivity contribution in [2.45, 2.75) is 43.7 Å². The van der Waals surface area contributed by atoms with Crippen LogP contribution in [0.25, 0.3) is 0 Å². The topological polar surface area (TPSA) is 113 Å². The molecule has 1 saturated heterocycles. The molecule has 0 amide bonds. The van der Waals surface area contributed by atoms with E-state index in [1.54, 1.807) is 13.8 Å². The van der Waals surface area contributed by atoms with Crippen molar-refractivity contribution in [3.63, 3.8) is 0 Å². The van der Waals surface area contributed by atoms with Gasteiger partial charge in [0, 0.05) is 25.2 Å². The van der Waals surface area contributed by atoms with Gasteiger partial charge in [0.1, 0.15) is 5.69 Å². The van der Waals surface area contributed by atoms with Crippen LogP contribution in [0.1, 0.15) is 38.4 Å². The molecule has 1 unspecified atom stereocenters. The van der Waals surface area contributed by atoms with Crippen molar-refractivity contribution in [3.05, 3.63) is 64.2 Å². The highest BCUT2D eigenvalue weighted by Gasteiger charge is 2.30. The highest BCUT2D eigenvalue weighted by molar-refractivity contribution is 7.89. The number of nitro groups is 1. The van der Waals surface area contributed by atoms with Gasteiger partial charge in [-0.1, -0.05) is 30.3 Å². The van der Waals surface area contributed by atoms with Crippen LogP contribution in [0.5, 0.6) is 0 Å². The molecule has 0 aromatic heterocycles. The minimum atomic E-state index is -3.82. The maximum atomic E-state index is 12.4. The van der Waals surface area contributed by atoms with E-state index in [1.165, 1.54) is 12.1 Å². The third-order valence-corrected chi connectivity index (χ3v) is 6.97. The molecule has 0 saturated carbocycles. The van der Waals surface area contributed by atoms with Gasteiger partial charge in [-0.3, -0.25) is 10.1 Å². The normalized spacial score (nSPS) is 16.6. The van der Waals surface area contributed by atoms with Gasteiger partial charge in [0.25, 0.3) is 5.69 Å². The van der Waals surface area contributed by atoms with E-state index < -0.39 is 21.1 Å². The monoisotopic (exact) mass is 433 g/mol. The van der Waals surface area contributed by atoms with Gasteiger partial charge in [0.15, 0.2) is 0 Å². The van der Waals surface area contributed by atoms with Crippen LogP contribution >= 0.6 is 0 Å². The molecule has 0 radical (unpaired) electrons. The van der Waals surface area contributed by atoms with Gasteiger partial charge < -0.3 is 10.0 Å². The molecule has 0 bridgehead atoms. The molecule has 162 valence electrons. The third-order valence-electron chi connectivity index (χ3n) is 5.31. The zero-order valence-electron chi connectivity index (χ0n) is 17.1. The Kier molecular flexibility index (Phi) is 6.74. The van der Waals surface area contributed by atoms with Gasteiger partial charge in [0.05, 0.1) is 15.9 Å². The van der Waals surface area contributed by atoms with E-state index in [0.29, 0.717) is 31.6 Å². The lowest BCUT2D eigenvalue weighted by Crippen LogP contribution is -2.36. The summed E-state index contributed by atoms with van der Waals surface area (Å²) in [4.78, 5) is 12.9. The van der Waals surface area contributed by atoms with E-state index in [0.717, 1.165) is 11.6 Å². The lowest BCUT2D eigenvalue weighted by molar-refractivity contribution is -0.384. The fraction of sp³-hybridized carbons (Fsp3) is 0.429. The van der Waals surface area contributed by atoms with Crippen LogP contribution in [0, 0.1) is 16.0 Å². The number of anilines is 1. The van der Waals surface area contributed by atoms with E-state index in [-0.39, 0.29) is 22.5 Å². The Morgan fingerprint density at radius 1 is 1.13 bits per heavy atom. The van der Waals surface area contributed by atoms with Crippen LogP contribution in [-0.4, -0.2) is 37.6 Å². The van der Waals surface area contributed by atoms with Gasteiger partial charge in [-0.2, -0.15) is 0 Å². The lowest BCUT2D eigenvalue weighted by atomic mass is 9.87. The number of hydrogen-bond acceptors (Lipinski definition) is 6. The summed E-state index contributed by atoms with van der Waals surface area (Å²) >= 11 is 0. The second-order valence-electron chi connectivity index (χ2n) is 7.86. The lowest BCUT2D eigenvalue weighted by Gasteiger charge is -2.35. The van der Waals surface area contributed by atoms with Gasteiger partial charge in [0.2, 0.25) is 10.0 Å². The summed E-state index contributed by atoms with van der Waals surface area (Å²) in [7, 11) is -3.82. The highest BCUT2D eigenvalue weighted by atomic mass is 32.2. The molecular formula is C21H27N3O5S. The molecule has 0 spiro atoms. The smallest absolute Gasteiger partial charge is 0.293 e. The second kappa shape index (κ2) is 9.11. The maximum absolute atomic E-state index is 12.4. The predicted octanol–water partition coefficient (Wildman–Crippen LogP) is 3.23. The number of aliphatic hydroxyl groups is 1. The average Bonchev–Trinajstić information content (AvgIpc) is 2.72. The Morgan fingerprint density at radius 3 is 2.33 bits per heavy atom. The van der Waals surface area contributed by atoms with E-state index in [2.05, 4.69) is 4.72 Å². The minimum Gasteiger partial charge on any atom is -0.388 e. The molecule has 1 fully saturated rings. The number of hydrogen-bond donors (Lipinski definition) is 2. The highest BCUT2D eigenvalue weighted by Crippen LogP contribution is 2.36. The second-order valence-corrected chi connectivity index (χ2v) is 9.58. The molecule has 2 N–H and O–H groups in total. The van der Waals surface area contributed by atoms with Crippen LogP contribution in [-0.2, 0) is 10.0 Å². The first-order valence-electron chi connectivity index (χ1n) is 9.98. The first-order valence-corrected chi connectivity index (χ1v) is 11.5. The summed E-state index contributed by atoms with van der Waals surface area (Å²) in [6.07, 6.45) is 0.794. The molecule has 0 aliphatic carbocycles. The molecule has 1 heterocycles. The predicted molar refractivity (Wildman–Crippen MR) is 115 cm³/mol. The Balaban J connectivity index is 1.77. The summed E-state index contributed by atoms with van der Waals surface area (Å²) in [5, 5.41) is 22.3. The van der Waals surface area contributed by atoms with E-state index in [4.69, 9.17) is 0 Å². The van der Waals surface area contributed by atoms with Gasteiger partial charge in [-0.25, -0.2) is 13.1 Å². The van der Waals surface area contributed by atoms with E-state index in [1.807, 2.05) is 35.2 Å². The first kappa shape index (κ1) is 22.2. The van der Waals surface area contributed by atoms with Crippen LogP contribution in [0.15, 0.2) is 53.4 Å². The van der Waals surface area contributed by atoms with Gasteiger partial charge in [-0.15, -0.1) is 0 Å². The fourth-order valence-corrected chi connectivity index (χ4v) is 5.11.